The Morgan fingerprint density at radius 2 is 2.00 bits per heavy atom. The van der Waals surface area contributed by atoms with Crippen molar-refractivity contribution in [2.24, 2.45) is 5.73 Å². The van der Waals surface area contributed by atoms with Gasteiger partial charge in [0.2, 0.25) is 0 Å². The first kappa shape index (κ1) is 9.33. The van der Waals surface area contributed by atoms with E-state index in [-0.39, 0.29) is 5.54 Å². The van der Waals surface area contributed by atoms with Crippen LogP contribution >= 0.6 is 0 Å². The third-order valence-corrected chi connectivity index (χ3v) is 3.80. The van der Waals surface area contributed by atoms with Gasteiger partial charge < -0.3 is 10.3 Å². The molecule has 4 nitrogen and oxygen atoms in total. The third kappa shape index (κ3) is 1.57. The second-order valence-electron chi connectivity index (χ2n) is 5.03. The lowest BCUT2D eigenvalue weighted by atomic mass is 9.94. The quantitative estimate of drug-likeness (QED) is 0.786. The molecule has 0 aromatic carbocycles. The van der Waals surface area contributed by atoms with Crippen LogP contribution in [0.1, 0.15) is 43.8 Å². The molecule has 1 aromatic rings. The van der Waals surface area contributed by atoms with Crippen molar-refractivity contribution >= 4 is 0 Å². The minimum absolute atomic E-state index is 0.00634. The van der Waals surface area contributed by atoms with Gasteiger partial charge in [0.05, 0.1) is 0 Å². The van der Waals surface area contributed by atoms with Gasteiger partial charge in [-0.15, -0.1) is 10.2 Å². The molecule has 0 unspecified atom stereocenters. The lowest BCUT2D eigenvalue weighted by Crippen LogP contribution is -2.39. The van der Waals surface area contributed by atoms with Crippen LogP contribution in [0.4, 0.5) is 0 Å². The molecule has 4 heteroatoms. The normalized spacial score (nSPS) is 23.3. The van der Waals surface area contributed by atoms with E-state index in [1.54, 1.807) is 0 Å². The van der Waals surface area contributed by atoms with E-state index in [4.69, 9.17) is 5.73 Å². The van der Waals surface area contributed by atoms with Crippen LogP contribution in [0.25, 0.3) is 0 Å². The zero-order valence-electron chi connectivity index (χ0n) is 9.08. The average molecular weight is 206 g/mol. The van der Waals surface area contributed by atoms with Crippen molar-refractivity contribution in [1.82, 2.24) is 14.8 Å². The summed E-state index contributed by atoms with van der Waals surface area (Å²) in [6, 6.07) is 0. The number of nitrogens with two attached hydrogens (primary N) is 1. The van der Waals surface area contributed by atoms with Crippen LogP contribution in [-0.4, -0.2) is 20.3 Å². The molecule has 15 heavy (non-hydrogen) atoms. The van der Waals surface area contributed by atoms with E-state index in [1.165, 1.54) is 19.3 Å². The van der Waals surface area contributed by atoms with Crippen LogP contribution in [0.3, 0.4) is 0 Å². The molecular weight excluding hydrogens is 188 g/mol. The fraction of sp³-hybridized carbons (Fsp3) is 0.818. The zero-order chi connectivity index (χ0) is 10.3. The average Bonchev–Trinajstić information content (AvgIpc) is 2.85. The van der Waals surface area contributed by atoms with Crippen LogP contribution in [0.5, 0.6) is 0 Å². The number of hydrogen-bond donors (Lipinski definition) is 1. The summed E-state index contributed by atoms with van der Waals surface area (Å²) in [6.45, 7) is 1.09. The number of aromatic nitrogens is 3. The van der Waals surface area contributed by atoms with Gasteiger partial charge in [0, 0.05) is 24.9 Å². The maximum atomic E-state index is 6.36. The monoisotopic (exact) mass is 206 g/mol. The van der Waals surface area contributed by atoms with Crippen molar-refractivity contribution in [1.29, 1.82) is 0 Å². The van der Waals surface area contributed by atoms with E-state index >= 15 is 0 Å². The number of rotatable bonds is 2. The number of nitrogens with zero attached hydrogens (tertiary/aromatic N) is 3. The Morgan fingerprint density at radius 1 is 1.20 bits per heavy atom. The Hall–Kier alpha value is -0.900. The standard InChI is InChI=1S/C11H18N4/c12-11(5-1-2-6-11)8-10-14-13-9-4-3-7-15(9)10/h1-8,12H2. The van der Waals surface area contributed by atoms with Gasteiger partial charge in [-0.1, -0.05) is 12.8 Å². The maximum Gasteiger partial charge on any atom is 0.134 e. The van der Waals surface area contributed by atoms with Gasteiger partial charge in [0.25, 0.3) is 0 Å². The van der Waals surface area contributed by atoms with Crippen molar-refractivity contribution in [3.8, 4) is 0 Å². The largest absolute Gasteiger partial charge is 0.325 e. The predicted molar refractivity (Wildman–Crippen MR) is 57.4 cm³/mol. The van der Waals surface area contributed by atoms with Crippen LogP contribution in [0.15, 0.2) is 0 Å². The number of fused-ring (bicyclic) bond motifs is 1. The summed E-state index contributed by atoms with van der Waals surface area (Å²) >= 11 is 0. The molecule has 1 fully saturated rings. The highest BCUT2D eigenvalue weighted by atomic mass is 15.3. The Kier molecular flexibility index (Phi) is 2.06. The summed E-state index contributed by atoms with van der Waals surface area (Å²) < 4.78 is 2.27. The first-order chi connectivity index (χ1) is 7.27. The molecule has 2 heterocycles. The smallest absolute Gasteiger partial charge is 0.134 e. The van der Waals surface area contributed by atoms with Crippen LogP contribution < -0.4 is 5.73 Å². The van der Waals surface area contributed by atoms with Crippen LogP contribution in [0.2, 0.25) is 0 Å². The highest BCUT2D eigenvalue weighted by Crippen LogP contribution is 2.30. The summed E-state index contributed by atoms with van der Waals surface area (Å²) in [6.07, 6.45) is 8.07. The Labute approximate surface area is 89.9 Å². The molecule has 1 aliphatic heterocycles. The summed E-state index contributed by atoms with van der Waals surface area (Å²) in [5, 5.41) is 8.51. The van der Waals surface area contributed by atoms with E-state index < -0.39 is 0 Å². The van der Waals surface area contributed by atoms with Crippen molar-refractivity contribution < 1.29 is 0 Å². The van der Waals surface area contributed by atoms with E-state index in [0.717, 1.165) is 43.9 Å². The first-order valence-electron chi connectivity index (χ1n) is 5.97. The second-order valence-corrected chi connectivity index (χ2v) is 5.03. The number of aryl methyl sites for hydroxylation is 1. The molecule has 82 valence electrons. The Morgan fingerprint density at radius 3 is 2.80 bits per heavy atom. The number of hydrogen-bond acceptors (Lipinski definition) is 3. The van der Waals surface area contributed by atoms with Crippen molar-refractivity contribution in [3.63, 3.8) is 0 Å². The summed E-state index contributed by atoms with van der Waals surface area (Å²) in [5.74, 6) is 2.28. The van der Waals surface area contributed by atoms with E-state index in [9.17, 15) is 0 Å². The van der Waals surface area contributed by atoms with Gasteiger partial charge in [-0.05, 0) is 19.3 Å². The Balaban J connectivity index is 1.82. The summed E-state index contributed by atoms with van der Waals surface area (Å²) in [4.78, 5) is 0. The lowest BCUT2D eigenvalue weighted by molar-refractivity contribution is 0.418. The SMILES string of the molecule is NC1(Cc2nnc3n2CCC3)CCCC1. The molecule has 0 bridgehead atoms. The van der Waals surface area contributed by atoms with E-state index in [1.807, 2.05) is 0 Å². The molecular formula is C11H18N4. The molecule has 2 aliphatic rings. The highest BCUT2D eigenvalue weighted by molar-refractivity contribution is 5.06. The summed E-state index contributed by atoms with van der Waals surface area (Å²) in [5.41, 5.74) is 6.37. The first-order valence-corrected chi connectivity index (χ1v) is 5.97. The fourth-order valence-electron chi connectivity index (χ4n) is 2.91. The van der Waals surface area contributed by atoms with Gasteiger partial charge in [-0.2, -0.15) is 0 Å². The molecule has 0 saturated heterocycles. The minimum atomic E-state index is 0.00634. The lowest BCUT2D eigenvalue weighted by Gasteiger charge is -2.22. The molecule has 1 aliphatic carbocycles. The molecule has 1 saturated carbocycles. The maximum absolute atomic E-state index is 6.36. The molecule has 0 atom stereocenters. The van der Waals surface area contributed by atoms with Crippen molar-refractivity contribution in [3.05, 3.63) is 11.6 Å². The van der Waals surface area contributed by atoms with Gasteiger partial charge in [-0.3, -0.25) is 0 Å². The van der Waals surface area contributed by atoms with Crippen molar-refractivity contribution in [2.75, 3.05) is 0 Å². The molecule has 3 rings (SSSR count). The zero-order valence-corrected chi connectivity index (χ0v) is 9.08. The minimum Gasteiger partial charge on any atom is -0.325 e. The molecule has 0 spiro atoms. The Bertz CT molecular complexity index is 363. The van der Waals surface area contributed by atoms with Gasteiger partial charge in [0.15, 0.2) is 0 Å². The topological polar surface area (TPSA) is 56.7 Å². The highest BCUT2D eigenvalue weighted by Gasteiger charge is 2.32. The third-order valence-electron chi connectivity index (χ3n) is 3.80. The predicted octanol–water partition coefficient (Wildman–Crippen LogP) is 1.04. The second kappa shape index (κ2) is 3.30. The molecule has 1 aromatic heterocycles. The summed E-state index contributed by atoms with van der Waals surface area (Å²) in [7, 11) is 0. The van der Waals surface area contributed by atoms with Crippen molar-refractivity contribution in [2.45, 2.75) is 57.0 Å². The van der Waals surface area contributed by atoms with Gasteiger partial charge in [-0.25, -0.2) is 0 Å². The van der Waals surface area contributed by atoms with Gasteiger partial charge in [0.1, 0.15) is 11.6 Å². The van der Waals surface area contributed by atoms with Crippen LogP contribution in [0, 0.1) is 0 Å². The van der Waals surface area contributed by atoms with Gasteiger partial charge >= 0.3 is 0 Å². The molecule has 2 N–H and O–H groups in total. The van der Waals surface area contributed by atoms with E-state index in [0.29, 0.717) is 0 Å². The van der Waals surface area contributed by atoms with E-state index in [2.05, 4.69) is 14.8 Å². The molecule has 0 radical (unpaired) electrons. The molecule has 0 amide bonds. The fourth-order valence-corrected chi connectivity index (χ4v) is 2.91. The van der Waals surface area contributed by atoms with Crippen LogP contribution in [-0.2, 0) is 19.4 Å².